The van der Waals surface area contributed by atoms with E-state index >= 15 is 0 Å². The maximum atomic E-state index is 5.26. The molecule has 1 aromatic carbocycles. The van der Waals surface area contributed by atoms with Gasteiger partial charge in [-0.2, -0.15) is 15.0 Å². The molecular weight excluding hydrogens is 228 g/mol. The zero-order valence-electron chi connectivity index (χ0n) is 10.3. The standard InChI is InChI=1S/C13H16N4O/c1-18-13-8-11(9-13)16-10-2-4-12(5-3-10)17-14-6-7-15-17/h2-7,11,13,16H,8-9H2,1H3. The molecule has 1 aliphatic rings. The van der Waals surface area contributed by atoms with Crippen LogP contribution in [0.15, 0.2) is 36.7 Å². The Morgan fingerprint density at radius 1 is 1.17 bits per heavy atom. The Hall–Kier alpha value is -1.88. The first-order chi connectivity index (χ1) is 8.85. The van der Waals surface area contributed by atoms with Crippen LogP contribution in [-0.2, 0) is 4.74 Å². The van der Waals surface area contributed by atoms with Gasteiger partial charge in [-0.3, -0.25) is 0 Å². The lowest BCUT2D eigenvalue weighted by Gasteiger charge is -2.35. The van der Waals surface area contributed by atoms with E-state index in [9.17, 15) is 0 Å². The first-order valence-electron chi connectivity index (χ1n) is 6.11. The fourth-order valence-electron chi connectivity index (χ4n) is 2.15. The molecule has 0 bridgehead atoms. The van der Waals surface area contributed by atoms with Gasteiger partial charge in [-0.05, 0) is 37.1 Å². The maximum absolute atomic E-state index is 5.26. The number of rotatable bonds is 4. The van der Waals surface area contributed by atoms with Crippen LogP contribution in [0.2, 0.25) is 0 Å². The molecule has 1 saturated carbocycles. The number of benzene rings is 1. The van der Waals surface area contributed by atoms with Crippen molar-refractivity contribution in [2.24, 2.45) is 0 Å². The molecule has 1 heterocycles. The lowest BCUT2D eigenvalue weighted by molar-refractivity contribution is 0.0329. The minimum Gasteiger partial charge on any atom is -0.382 e. The fraction of sp³-hybridized carbons (Fsp3) is 0.385. The van der Waals surface area contributed by atoms with E-state index in [2.05, 4.69) is 27.6 Å². The summed E-state index contributed by atoms with van der Waals surface area (Å²) >= 11 is 0. The van der Waals surface area contributed by atoms with Crippen LogP contribution in [0.25, 0.3) is 5.69 Å². The number of aromatic nitrogens is 3. The van der Waals surface area contributed by atoms with Crippen molar-refractivity contribution < 1.29 is 4.74 Å². The van der Waals surface area contributed by atoms with Crippen LogP contribution >= 0.6 is 0 Å². The number of ether oxygens (including phenoxy) is 1. The van der Waals surface area contributed by atoms with E-state index in [-0.39, 0.29) is 0 Å². The average Bonchev–Trinajstić information content (AvgIpc) is 2.88. The van der Waals surface area contributed by atoms with E-state index in [4.69, 9.17) is 4.74 Å². The van der Waals surface area contributed by atoms with Crippen molar-refractivity contribution in [1.82, 2.24) is 15.0 Å². The topological polar surface area (TPSA) is 52.0 Å². The lowest BCUT2D eigenvalue weighted by Crippen LogP contribution is -2.40. The van der Waals surface area contributed by atoms with Gasteiger partial charge in [-0.15, -0.1) is 0 Å². The molecular formula is C13H16N4O. The molecule has 0 amide bonds. The highest BCUT2D eigenvalue weighted by atomic mass is 16.5. The molecule has 94 valence electrons. The molecule has 0 saturated heterocycles. The number of nitrogens with zero attached hydrogens (tertiary/aromatic N) is 3. The molecule has 1 aromatic heterocycles. The quantitative estimate of drug-likeness (QED) is 0.892. The fourth-order valence-corrected chi connectivity index (χ4v) is 2.15. The van der Waals surface area contributed by atoms with Gasteiger partial charge >= 0.3 is 0 Å². The van der Waals surface area contributed by atoms with Crippen LogP contribution in [0.5, 0.6) is 0 Å². The van der Waals surface area contributed by atoms with Crippen molar-refractivity contribution in [2.45, 2.75) is 25.0 Å². The first-order valence-corrected chi connectivity index (χ1v) is 6.11. The van der Waals surface area contributed by atoms with Gasteiger partial charge in [0.2, 0.25) is 0 Å². The Morgan fingerprint density at radius 3 is 2.44 bits per heavy atom. The monoisotopic (exact) mass is 244 g/mol. The summed E-state index contributed by atoms with van der Waals surface area (Å²) in [5, 5.41) is 11.7. The largest absolute Gasteiger partial charge is 0.382 e. The SMILES string of the molecule is COC1CC(Nc2ccc(-n3nccn3)cc2)C1. The summed E-state index contributed by atoms with van der Waals surface area (Å²) in [7, 11) is 1.77. The van der Waals surface area contributed by atoms with Gasteiger partial charge in [0.05, 0.1) is 24.2 Å². The van der Waals surface area contributed by atoms with Crippen molar-refractivity contribution in [2.75, 3.05) is 12.4 Å². The van der Waals surface area contributed by atoms with Gasteiger partial charge in [-0.25, -0.2) is 0 Å². The number of anilines is 1. The molecule has 1 N–H and O–H groups in total. The van der Waals surface area contributed by atoms with Gasteiger partial charge in [-0.1, -0.05) is 0 Å². The van der Waals surface area contributed by atoms with E-state index in [0.29, 0.717) is 12.1 Å². The number of hydrogen-bond donors (Lipinski definition) is 1. The Morgan fingerprint density at radius 2 is 1.83 bits per heavy atom. The minimum atomic E-state index is 0.426. The maximum Gasteiger partial charge on any atom is 0.0858 e. The van der Waals surface area contributed by atoms with E-state index < -0.39 is 0 Å². The normalized spacial score (nSPS) is 22.5. The summed E-state index contributed by atoms with van der Waals surface area (Å²) in [6.45, 7) is 0. The summed E-state index contributed by atoms with van der Waals surface area (Å²) in [6, 6.07) is 8.66. The van der Waals surface area contributed by atoms with E-state index in [1.54, 1.807) is 24.3 Å². The van der Waals surface area contributed by atoms with Gasteiger partial charge in [0, 0.05) is 18.8 Å². The third kappa shape index (κ3) is 2.22. The molecule has 2 aromatic rings. The third-order valence-electron chi connectivity index (χ3n) is 3.32. The van der Waals surface area contributed by atoms with Crippen molar-refractivity contribution in [3.8, 4) is 5.69 Å². The zero-order valence-corrected chi connectivity index (χ0v) is 10.3. The van der Waals surface area contributed by atoms with Gasteiger partial charge < -0.3 is 10.1 Å². The van der Waals surface area contributed by atoms with E-state index in [1.807, 2.05) is 12.1 Å². The highest BCUT2D eigenvalue weighted by Crippen LogP contribution is 2.26. The Labute approximate surface area is 106 Å². The molecule has 1 fully saturated rings. The zero-order chi connectivity index (χ0) is 12.4. The van der Waals surface area contributed by atoms with Gasteiger partial charge in [0.1, 0.15) is 0 Å². The molecule has 5 heteroatoms. The molecule has 0 atom stereocenters. The Balaban J connectivity index is 1.62. The predicted octanol–water partition coefficient (Wildman–Crippen LogP) is 1.86. The van der Waals surface area contributed by atoms with Crippen LogP contribution in [0.1, 0.15) is 12.8 Å². The van der Waals surface area contributed by atoms with Crippen LogP contribution < -0.4 is 5.32 Å². The number of nitrogens with one attached hydrogen (secondary N) is 1. The Bertz CT molecular complexity index is 488. The number of hydrogen-bond acceptors (Lipinski definition) is 4. The molecule has 1 aliphatic carbocycles. The summed E-state index contributed by atoms with van der Waals surface area (Å²) < 4.78 is 5.26. The first kappa shape index (κ1) is 11.2. The molecule has 18 heavy (non-hydrogen) atoms. The molecule has 0 aliphatic heterocycles. The van der Waals surface area contributed by atoms with Crippen LogP contribution in [0, 0.1) is 0 Å². The molecule has 0 radical (unpaired) electrons. The van der Waals surface area contributed by atoms with Crippen molar-refractivity contribution >= 4 is 5.69 Å². The summed E-state index contributed by atoms with van der Waals surface area (Å²) in [5.41, 5.74) is 2.10. The second-order valence-electron chi connectivity index (χ2n) is 4.54. The Kier molecular flexibility index (Phi) is 2.98. The van der Waals surface area contributed by atoms with Gasteiger partial charge in [0.15, 0.2) is 0 Å². The minimum absolute atomic E-state index is 0.426. The van der Waals surface area contributed by atoms with Crippen molar-refractivity contribution in [3.63, 3.8) is 0 Å². The van der Waals surface area contributed by atoms with Crippen molar-refractivity contribution in [3.05, 3.63) is 36.7 Å². The summed E-state index contributed by atoms with van der Waals surface area (Å²) in [4.78, 5) is 1.61. The predicted molar refractivity (Wildman–Crippen MR) is 68.8 cm³/mol. The van der Waals surface area contributed by atoms with Crippen LogP contribution in [0.4, 0.5) is 5.69 Å². The number of methoxy groups -OCH3 is 1. The van der Waals surface area contributed by atoms with Crippen LogP contribution in [0.3, 0.4) is 0 Å². The molecule has 3 rings (SSSR count). The molecule has 0 spiro atoms. The highest BCUT2D eigenvalue weighted by molar-refractivity contribution is 5.49. The van der Waals surface area contributed by atoms with Gasteiger partial charge in [0.25, 0.3) is 0 Å². The second-order valence-corrected chi connectivity index (χ2v) is 4.54. The third-order valence-corrected chi connectivity index (χ3v) is 3.32. The highest BCUT2D eigenvalue weighted by Gasteiger charge is 2.28. The molecule has 0 unspecified atom stereocenters. The van der Waals surface area contributed by atoms with Crippen molar-refractivity contribution in [1.29, 1.82) is 0 Å². The lowest BCUT2D eigenvalue weighted by atomic mass is 9.89. The smallest absolute Gasteiger partial charge is 0.0858 e. The summed E-state index contributed by atoms with van der Waals surface area (Å²) in [5.74, 6) is 0. The van der Waals surface area contributed by atoms with E-state index in [0.717, 1.165) is 24.2 Å². The van der Waals surface area contributed by atoms with E-state index in [1.165, 1.54) is 0 Å². The molecule has 5 nitrogen and oxygen atoms in total. The second kappa shape index (κ2) is 4.78. The average molecular weight is 244 g/mol. The summed E-state index contributed by atoms with van der Waals surface area (Å²) in [6.07, 6.45) is 5.93. The van der Waals surface area contributed by atoms with Crippen LogP contribution in [-0.4, -0.2) is 34.2 Å².